The molecule has 0 fully saturated rings. The maximum absolute atomic E-state index is 12.8. The van der Waals surface area contributed by atoms with Crippen molar-refractivity contribution in [2.75, 3.05) is 20.8 Å². The number of carbonyl (C=O) groups excluding carboxylic acids is 2. The van der Waals surface area contributed by atoms with E-state index in [1.165, 1.54) is 14.2 Å². The summed E-state index contributed by atoms with van der Waals surface area (Å²) in [5.74, 6) is -1.45. The van der Waals surface area contributed by atoms with Gasteiger partial charge in [-0.3, -0.25) is 9.36 Å². The summed E-state index contributed by atoms with van der Waals surface area (Å²) in [6.45, 7) is -0.250. The van der Waals surface area contributed by atoms with E-state index in [9.17, 15) is 14.2 Å². The average molecular weight is 420 g/mol. The largest absolute Gasteiger partial charge is 0.445 e. The molecule has 2 rings (SSSR count). The third-order valence-corrected chi connectivity index (χ3v) is 6.19. The zero-order valence-corrected chi connectivity index (χ0v) is 17.3. The molecule has 0 radical (unpaired) electrons. The summed E-state index contributed by atoms with van der Waals surface area (Å²) in [5.41, 5.74) is 1.68. The highest BCUT2D eigenvalue weighted by Gasteiger charge is 2.35. The van der Waals surface area contributed by atoms with Gasteiger partial charge in [0.2, 0.25) is 5.91 Å². The van der Waals surface area contributed by atoms with Crippen LogP contribution >= 0.6 is 7.60 Å². The molecule has 0 aliphatic heterocycles. The molecule has 2 amide bonds. The van der Waals surface area contributed by atoms with Crippen molar-refractivity contribution in [3.8, 4) is 0 Å². The van der Waals surface area contributed by atoms with Crippen LogP contribution in [0.2, 0.25) is 0 Å². The first-order chi connectivity index (χ1) is 14.0. The number of hydrogen-bond donors (Lipinski definition) is 2. The number of alkyl carbamates (subject to hydrolysis) is 1. The van der Waals surface area contributed by atoms with Gasteiger partial charge in [-0.05, 0) is 11.1 Å². The first kappa shape index (κ1) is 22.6. The van der Waals surface area contributed by atoms with Gasteiger partial charge >= 0.3 is 13.7 Å². The first-order valence-electron chi connectivity index (χ1n) is 8.96. The van der Waals surface area contributed by atoms with Gasteiger partial charge in [0.15, 0.2) is 0 Å². The fourth-order valence-corrected chi connectivity index (χ4v) is 3.97. The molecule has 0 aromatic heterocycles. The van der Waals surface area contributed by atoms with E-state index in [-0.39, 0.29) is 19.6 Å². The topological polar surface area (TPSA) is 103 Å². The summed E-state index contributed by atoms with van der Waals surface area (Å²) in [4.78, 5) is 24.1. The molecule has 1 atom stereocenters. The molecule has 0 spiro atoms. The molecule has 0 bridgehead atoms. The van der Waals surface area contributed by atoms with Crippen LogP contribution in [0.25, 0.3) is 0 Å². The van der Waals surface area contributed by atoms with Crippen molar-refractivity contribution in [2.45, 2.75) is 18.8 Å². The molecule has 0 heterocycles. The molecular weight excluding hydrogens is 395 g/mol. The summed E-state index contributed by atoms with van der Waals surface area (Å²) in [6.07, 6.45) is -0.491. The van der Waals surface area contributed by atoms with Crippen molar-refractivity contribution in [2.24, 2.45) is 0 Å². The zero-order valence-electron chi connectivity index (χ0n) is 16.4. The fraction of sp³-hybridized carbons (Fsp3) is 0.300. The third kappa shape index (κ3) is 7.34. The van der Waals surface area contributed by atoms with Gasteiger partial charge in [-0.15, -0.1) is 0 Å². The predicted octanol–water partition coefficient (Wildman–Crippen LogP) is 3.08. The summed E-state index contributed by atoms with van der Waals surface area (Å²) in [7, 11) is -1.07. The van der Waals surface area contributed by atoms with Gasteiger partial charge < -0.3 is 24.4 Å². The van der Waals surface area contributed by atoms with Crippen molar-refractivity contribution in [3.63, 3.8) is 0 Å². The second kappa shape index (κ2) is 11.4. The van der Waals surface area contributed by atoms with E-state index in [1.807, 2.05) is 60.7 Å². The lowest BCUT2D eigenvalue weighted by Crippen LogP contribution is -2.43. The monoisotopic (exact) mass is 420 g/mol. The number of ether oxygens (including phenoxy) is 1. The van der Waals surface area contributed by atoms with E-state index in [2.05, 4.69) is 10.6 Å². The highest BCUT2D eigenvalue weighted by molar-refractivity contribution is 7.54. The Bertz CT molecular complexity index is 823. The van der Waals surface area contributed by atoms with Crippen LogP contribution in [0.5, 0.6) is 0 Å². The lowest BCUT2D eigenvalue weighted by molar-refractivity contribution is -0.120. The predicted molar refractivity (Wildman–Crippen MR) is 108 cm³/mol. The van der Waals surface area contributed by atoms with E-state index in [0.717, 1.165) is 11.1 Å². The standard InChI is InChI=1S/C20H25N2O6P/c1-26-29(25,27-2)19(13-16-9-5-3-6-10-16)22-18(23)14-21-20(24)28-15-17-11-7-4-8-12-17/h3-12,19H,13-15H2,1-2H3,(H,21,24)(H,22,23). The summed E-state index contributed by atoms with van der Waals surface area (Å²) >= 11 is 0. The van der Waals surface area contributed by atoms with Crippen LogP contribution in [0.4, 0.5) is 4.79 Å². The molecule has 1 unspecified atom stereocenters. The minimum atomic E-state index is -3.59. The van der Waals surface area contributed by atoms with Crippen LogP contribution in [0, 0.1) is 0 Å². The number of amides is 2. The number of hydrogen-bond acceptors (Lipinski definition) is 6. The SMILES string of the molecule is COP(=O)(OC)C(Cc1ccccc1)NC(=O)CNC(=O)OCc1ccccc1. The van der Waals surface area contributed by atoms with Gasteiger partial charge in [-0.1, -0.05) is 60.7 Å². The Morgan fingerprint density at radius 3 is 2.03 bits per heavy atom. The zero-order chi connectivity index (χ0) is 21.1. The van der Waals surface area contributed by atoms with Crippen LogP contribution in [-0.2, 0) is 36.2 Å². The van der Waals surface area contributed by atoms with Crippen molar-refractivity contribution in [1.29, 1.82) is 0 Å². The number of rotatable bonds is 10. The molecule has 0 aliphatic rings. The molecule has 2 aromatic rings. The van der Waals surface area contributed by atoms with Gasteiger partial charge in [-0.2, -0.15) is 0 Å². The Hall–Kier alpha value is -2.67. The molecule has 156 valence electrons. The van der Waals surface area contributed by atoms with Crippen molar-refractivity contribution < 1.29 is 27.9 Å². The van der Waals surface area contributed by atoms with Crippen molar-refractivity contribution in [3.05, 3.63) is 71.8 Å². The van der Waals surface area contributed by atoms with Crippen LogP contribution in [0.15, 0.2) is 60.7 Å². The minimum Gasteiger partial charge on any atom is -0.445 e. The quantitative estimate of drug-likeness (QED) is 0.573. The molecule has 8 nitrogen and oxygen atoms in total. The van der Waals surface area contributed by atoms with Gasteiger partial charge in [-0.25, -0.2) is 4.79 Å². The Morgan fingerprint density at radius 2 is 1.48 bits per heavy atom. The molecule has 2 N–H and O–H groups in total. The number of benzene rings is 2. The fourth-order valence-electron chi connectivity index (χ4n) is 2.57. The molecule has 0 saturated carbocycles. The number of nitrogens with one attached hydrogen (secondary N) is 2. The second-order valence-electron chi connectivity index (χ2n) is 6.09. The average Bonchev–Trinajstić information content (AvgIpc) is 2.76. The number of carbonyl (C=O) groups is 2. The Labute approximate surface area is 170 Å². The lowest BCUT2D eigenvalue weighted by Gasteiger charge is -2.25. The summed E-state index contributed by atoms with van der Waals surface area (Å²) in [5, 5.41) is 4.98. The van der Waals surface area contributed by atoms with Gasteiger partial charge in [0, 0.05) is 20.6 Å². The minimum absolute atomic E-state index is 0.0907. The molecule has 0 aliphatic carbocycles. The van der Waals surface area contributed by atoms with Crippen LogP contribution < -0.4 is 10.6 Å². The van der Waals surface area contributed by atoms with Gasteiger partial charge in [0.05, 0.1) is 0 Å². The van der Waals surface area contributed by atoms with Gasteiger partial charge in [0.25, 0.3) is 0 Å². The smallest absolute Gasteiger partial charge is 0.407 e. The van der Waals surface area contributed by atoms with E-state index in [4.69, 9.17) is 13.8 Å². The molecule has 9 heteroatoms. The van der Waals surface area contributed by atoms with E-state index >= 15 is 0 Å². The summed E-state index contributed by atoms with van der Waals surface area (Å²) in [6, 6.07) is 18.4. The van der Waals surface area contributed by atoms with Gasteiger partial charge in [0.1, 0.15) is 18.9 Å². The molecular formula is C20H25N2O6P. The molecule has 0 saturated heterocycles. The van der Waals surface area contributed by atoms with Crippen molar-refractivity contribution in [1.82, 2.24) is 10.6 Å². The lowest BCUT2D eigenvalue weighted by atomic mass is 10.1. The highest BCUT2D eigenvalue weighted by atomic mass is 31.2. The third-order valence-electron chi connectivity index (χ3n) is 4.10. The Balaban J connectivity index is 1.89. The molecule has 2 aromatic carbocycles. The normalized spacial score (nSPS) is 12.1. The van der Waals surface area contributed by atoms with Crippen LogP contribution in [-0.4, -0.2) is 38.5 Å². The van der Waals surface area contributed by atoms with Crippen molar-refractivity contribution >= 4 is 19.6 Å². The second-order valence-corrected chi connectivity index (χ2v) is 8.53. The Morgan fingerprint density at radius 1 is 0.931 bits per heavy atom. The van der Waals surface area contributed by atoms with E-state index in [1.54, 1.807) is 0 Å². The summed E-state index contributed by atoms with van der Waals surface area (Å²) < 4.78 is 28.0. The maximum Gasteiger partial charge on any atom is 0.407 e. The maximum atomic E-state index is 12.8. The highest BCUT2D eigenvalue weighted by Crippen LogP contribution is 2.51. The van der Waals surface area contributed by atoms with Crippen LogP contribution in [0.3, 0.4) is 0 Å². The molecule has 29 heavy (non-hydrogen) atoms. The van der Waals surface area contributed by atoms with E-state index < -0.39 is 25.4 Å². The van der Waals surface area contributed by atoms with E-state index in [0.29, 0.717) is 0 Å². The first-order valence-corrected chi connectivity index (χ1v) is 10.6. The Kier molecular flexibility index (Phi) is 8.86. The van der Waals surface area contributed by atoms with Crippen LogP contribution in [0.1, 0.15) is 11.1 Å².